The van der Waals surface area contributed by atoms with Gasteiger partial charge in [0.1, 0.15) is 5.82 Å². The molecule has 15 heavy (non-hydrogen) atoms. The monoisotopic (exact) mass is 231 g/mol. The van der Waals surface area contributed by atoms with Crippen molar-refractivity contribution in [3.05, 3.63) is 5.82 Å². The summed E-state index contributed by atoms with van der Waals surface area (Å²) in [5.74, 6) is 0.904. The third-order valence-corrected chi connectivity index (χ3v) is 2.41. The van der Waals surface area contributed by atoms with Gasteiger partial charge in [0, 0.05) is 24.5 Å². The van der Waals surface area contributed by atoms with Crippen LogP contribution in [0.2, 0.25) is 0 Å². The van der Waals surface area contributed by atoms with Gasteiger partial charge in [-0.15, -0.1) is 0 Å². The molecule has 0 atom stereocenters. The van der Waals surface area contributed by atoms with E-state index in [0.717, 1.165) is 23.8 Å². The molecule has 2 N–H and O–H groups in total. The van der Waals surface area contributed by atoms with Crippen LogP contribution in [0, 0.1) is 0 Å². The molecule has 0 aliphatic heterocycles. The van der Waals surface area contributed by atoms with Crippen molar-refractivity contribution in [2.24, 2.45) is 0 Å². The topological polar surface area (TPSA) is 67.3 Å². The number of aryl methyl sites for hydroxylation is 1. The van der Waals surface area contributed by atoms with Crippen molar-refractivity contribution in [2.45, 2.75) is 19.8 Å². The molecule has 0 amide bonds. The van der Waals surface area contributed by atoms with Crippen molar-refractivity contribution in [3.8, 4) is 0 Å². The molecule has 5 nitrogen and oxygen atoms in total. The lowest BCUT2D eigenvalue weighted by molar-refractivity contribution is 0.0992. The zero-order valence-corrected chi connectivity index (χ0v) is 9.72. The Balaban J connectivity index is 2.14. The first-order chi connectivity index (χ1) is 7.36. The van der Waals surface area contributed by atoms with Crippen LogP contribution < -0.4 is 5.32 Å². The second-order valence-corrected chi connectivity index (χ2v) is 3.78. The molecule has 0 saturated carbocycles. The van der Waals surface area contributed by atoms with E-state index < -0.39 is 0 Å². The van der Waals surface area contributed by atoms with Gasteiger partial charge in [-0.2, -0.15) is 4.37 Å². The number of anilines is 1. The molecular formula is C9H17N3O2S. The zero-order chi connectivity index (χ0) is 10.9. The minimum absolute atomic E-state index is 0.0689. The van der Waals surface area contributed by atoms with Crippen molar-refractivity contribution in [2.75, 3.05) is 31.7 Å². The van der Waals surface area contributed by atoms with Gasteiger partial charge in [0.15, 0.2) is 0 Å². The second-order valence-electron chi connectivity index (χ2n) is 3.03. The van der Waals surface area contributed by atoms with Crippen LogP contribution in [0.3, 0.4) is 0 Å². The zero-order valence-electron chi connectivity index (χ0n) is 8.90. The standard InChI is InChI=1S/C9H17N3O2S/c1-2-3-8-11-9(15-12-8)10-4-6-14-7-5-13/h13H,2-7H2,1H3,(H,10,11,12). The van der Waals surface area contributed by atoms with Gasteiger partial charge < -0.3 is 15.2 Å². The Labute approximate surface area is 93.7 Å². The summed E-state index contributed by atoms with van der Waals surface area (Å²) < 4.78 is 9.31. The fourth-order valence-corrected chi connectivity index (χ4v) is 1.68. The smallest absolute Gasteiger partial charge is 0.202 e. The van der Waals surface area contributed by atoms with Gasteiger partial charge in [-0.25, -0.2) is 4.98 Å². The summed E-state index contributed by atoms with van der Waals surface area (Å²) in [7, 11) is 0. The number of nitrogens with one attached hydrogen (secondary N) is 1. The molecular weight excluding hydrogens is 214 g/mol. The fraction of sp³-hybridized carbons (Fsp3) is 0.778. The minimum atomic E-state index is 0.0689. The van der Waals surface area contributed by atoms with Crippen LogP contribution in [0.1, 0.15) is 19.2 Å². The molecule has 1 rings (SSSR count). The third kappa shape index (κ3) is 5.06. The number of rotatable bonds is 8. The third-order valence-electron chi connectivity index (χ3n) is 1.70. The highest BCUT2D eigenvalue weighted by molar-refractivity contribution is 7.09. The van der Waals surface area contributed by atoms with Crippen LogP contribution in [-0.2, 0) is 11.2 Å². The Morgan fingerprint density at radius 3 is 3.07 bits per heavy atom. The van der Waals surface area contributed by atoms with Gasteiger partial charge >= 0.3 is 0 Å². The molecule has 6 heteroatoms. The number of aliphatic hydroxyl groups is 1. The first kappa shape index (κ1) is 12.4. The number of nitrogens with zero attached hydrogens (tertiary/aromatic N) is 2. The van der Waals surface area contributed by atoms with E-state index >= 15 is 0 Å². The van der Waals surface area contributed by atoms with Crippen molar-refractivity contribution < 1.29 is 9.84 Å². The summed E-state index contributed by atoms with van der Waals surface area (Å²) >= 11 is 1.38. The summed E-state index contributed by atoms with van der Waals surface area (Å²) in [4.78, 5) is 4.31. The van der Waals surface area contributed by atoms with Gasteiger partial charge in [-0.05, 0) is 6.42 Å². The average molecular weight is 231 g/mol. The maximum atomic E-state index is 8.48. The quantitative estimate of drug-likeness (QED) is 0.651. The molecule has 0 saturated heterocycles. The summed E-state index contributed by atoms with van der Waals surface area (Å²) in [6.07, 6.45) is 2.00. The molecule has 0 spiro atoms. The van der Waals surface area contributed by atoms with Crippen LogP contribution in [-0.4, -0.2) is 40.8 Å². The fourth-order valence-electron chi connectivity index (χ4n) is 1.05. The van der Waals surface area contributed by atoms with Crippen LogP contribution in [0.25, 0.3) is 0 Å². The highest BCUT2D eigenvalue weighted by Gasteiger charge is 2.01. The van der Waals surface area contributed by atoms with E-state index in [9.17, 15) is 0 Å². The summed E-state index contributed by atoms with van der Waals surface area (Å²) in [5, 5.41) is 12.4. The summed E-state index contributed by atoms with van der Waals surface area (Å²) in [5.41, 5.74) is 0. The second kappa shape index (κ2) is 7.56. The molecule has 0 fully saturated rings. The first-order valence-corrected chi connectivity index (χ1v) is 5.89. The van der Waals surface area contributed by atoms with E-state index in [1.54, 1.807) is 0 Å². The minimum Gasteiger partial charge on any atom is -0.394 e. The van der Waals surface area contributed by atoms with E-state index in [4.69, 9.17) is 9.84 Å². The molecule has 0 radical (unpaired) electrons. The Bertz CT molecular complexity index is 268. The van der Waals surface area contributed by atoms with E-state index in [0.29, 0.717) is 19.8 Å². The van der Waals surface area contributed by atoms with Gasteiger partial charge in [-0.1, -0.05) is 6.92 Å². The van der Waals surface area contributed by atoms with Gasteiger partial charge in [0.25, 0.3) is 0 Å². The van der Waals surface area contributed by atoms with E-state index in [2.05, 4.69) is 21.6 Å². The maximum absolute atomic E-state index is 8.48. The molecule has 0 aliphatic carbocycles. The molecule has 0 aromatic carbocycles. The lowest BCUT2D eigenvalue weighted by Crippen LogP contribution is -2.11. The van der Waals surface area contributed by atoms with Crippen molar-refractivity contribution in [1.82, 2.24) is 9.36 Å². The van der Waals surface area contributed by atoms with Gasteiger partial charge in [0.05, 0.1) is 19.8 Å². The number of hydrogen-bond acceptors (Lipinski definition) is 6. The number of aliphatic hydroxyl groups excluding tert-OH is 1. The van der Waals surface area contributed by atoms with Gasteiger partial charge in [0.2, 0.25) is 5.13 Å². The van der Waals surface area contributed by atoms with E-state index in [1.165, 1.54) is 11.5 Å². The molecule has 0 bridgehead atoms. The molecule has 0 aliphatic rings. The number of ether oxygens (including phenoxy) is 1. The Morgan fingerprint density at radius 2 is 2.33 bits per heavy atom. The highest BCUT2D eigenvalue weighted by Crippen LogP contribution is 2.11. The molecule has 1 aromatic rings. The summed E-state index contributed by atoms with van der Waals surface area (Å²) in [6.45, 7) is 3.83. The number of hydrogen-bond donors (Lipinski definition) is 2. The Morgan fingerprint density at radius 1 is 1.47 bits per heavy atom. The van der Waals surface area contributed by atoms with E-state index in [1.807, 2.05) is 0 Å². The van der Waals surface area contributed by atoms with Crippen LogP contribution >= 0.6 is 11.5 Å². The largest absolute Gasteiger partial charge is 0.394 e. The maximum Gasteiger partial charge on any atom is 0.202 e. The normalized spacial score (nSPS) is 10.5. The van der Waals surface area contributed by atoms with Crippen molar-refractivity contribution in [1.29, 1.82) is 0 Å². The first-order valence-electron chi connectivity index (χ1n) is 5.12. The molecule has 0 unspecified atom stereocenters. The predicted octanol–water partition coefficient (Wildman–Crippen LogP) is 0.911. The highest BCUT2D eigenvalue weighted by atomic mass is 32.1. The predicted molar refractivity (Wildman–Crippen MR) is 60.3 cm³/mol. The summed E-state index contributed by atoms with van der Waals surface area (Å²) in [6, 6.07) is 0. The van der Waals surface area contributed by atoms with Crippen LogP contribution in [0.4, 0.5) is 5.13 Å². The SMILES string of the molecule is CCCc1nsc(NCCOCCO)n1. The van der Waals surface area contributed by atoms with Crippen LogP contribution in [0.15, 0.2) is 0 Å². The lowest BCUT2D eigenvalue weighted by atomic mass is 10.3. The molecule has 1 heterocycles. The number of aromatic nitrogens is 2. The van der Waals surface area contributed by atoms with Crippen molar-refractivity contribution >= 4 is 16.7 Å². The Kier molecular flexibility index (Phi) is 6.22. The van der Waals surface area contributed by atoms with Gasteiger partial charge in [-0.3, -0.25) is 0 Å². The molecule has 86 valence electrons. The van der Waals surface area contributed by atoms with E-state index in [-0.39, 0.29) is 6.61 Å². The lowest BCUT2D eigenvalue weighted by Gasteiger charge is -2.02. The van der Waals surface area contributed by atoms with Crippen LogP contribution in [0.5, 0.6) is 0 Å². The van der Waals surface area contributed by atoms with Crippen molar-refractivity contribution in [3.63, 3.8) is 0 Å². The average Bonchev–Trinajstić information content (AvgIpc) is 2.66. The Hall–Kier alpha value is -0.720. The molecule has 1 aromatic heterocycles.